The fourth-order valence-corrected chi connectivity index (χ4v) is 3.31. The van der Waals surface area contributed by atoms with E-state index in [0.29, 0.717) is 0 Å². The molecule has 0 unspecified atom stereocenters. The van der Waals surface area contributed by atoms with Crippen molar-refractivity contribution in [1.29, 1.82) is 0 Å². The van der Waals surface area contributed by atoms with Crippen LogP contribution in [0.5, 0.6) is 0 Å². The van der Waals surface area contributed by atoms with Crippen molar-refractivity contribution < 1.29 is 13.2 Å². The molecule has 0 aromatic heterocycles. The van der Waals surface area contributed by atoms with Gasteiger partial charge in [0.1, 0.15) is 0 Å². The number of carbonyl (C=O) groups is 1. The lowest BCUT2D eigenvalue weighted by Gasteiger charge is -2.18. The van der Waals surface area contributed by atoms with E-state index in [0.717, 1.165) is 22.9 Å². The van der Waals surface area contributed by atoms with E-state index in [2.05, 4.69) is 10.0 Å². The molecule has 2 N–H and O–H groups in total. The maximum absolute atomic E-state index is 12.6. The smallest absolute Gasteiger partial charge is 0.253 e. The van der Waals surface area contributed by atoms with E-state index in [-0.39, 0.29) is 28.2 Å². The van der Waals surface area contributed by atoms with Crippen molar-refractivity contribution in [3.05, 3.63) is 63.7 Å². The molecule has 2 rings (SSSR count). The van der Waals surface area contributed by atoms with Crippen LogP contribution in [-0.2, 0) is 10.0 Å². The van der Waals surface area contributed by atoms with Crippen LogP contribution >= 0.6 is 11.6 Å². The monoisotopic (exact) mass is 380 g/mol. The average molecular weight is 381 g/mol. The Morgan fingerprint density at radius 1 is 1.12 bits per heavy atom. The maximum atomic E-state index is 12.6. The van der Waals surface area contributed by atoms with Crippen LogP contribution in [0, 0.1) is 13.8 Å². The summed E-state index contributed by atoms with van der Waals surface area (Å²) >= 11 is 6.11. The summed E-state index contributed by atoms with van der Waals surface area (Å²) < 4.78 is 25.0. The third kappa shape index (κ3) is 5.21. The predicted octanol–water partition coefficient (Wildman–Crippen LogP) is 3.82. The number of amides is 1. The molecular formula is C18H21ClN2O3S. The van der Waals surface area contributed by atoms with Gasteiger partial charge in [0.25, 0.3) is 5.91 Å². The standard InChI is InChI=1S/C18H21ClN2O3S/c1-11-5-6-12(2)15(9-11)13(3)20-18(22)16-10-14(7-8-17(16)19)21-25(4,23)24/h5-10,13,21H,1-4H3,(H,20,22)/t13-/m0/s1. The number of aryl methyl sites for hydroxylation is 2. The van der Waals surface area contributed by atoms with E-state index >= 15 is 0 Å². The summed E-state index contributed by atoms with van der Waals surface area (Å²) in [6.07, 6.45) is 1.05. The van der Waals surface area contributed by atoms with Gasteiger partial charge in [0.05, 0.1) is 22.9 Å². The van der Waals surface area contributed by atoms with Crippen LogP contribution in [0.2, 0.25) is 5.02 Å². The van der Waals surface area contributed by atoms with Crippen molar-refractivity contribution in [2.24, 2.45) is 0 Å². The molecule has 0 spiro atoms. The van der Waals surface area contributed by atoms with Gasteiger partial charge in [-0.25, -0.2) is 8.42 Å². The van der Waals surface area contributed by atoms with Crippen LogP contribution in [0.4, 0.5) is 5.69 Å². The lowest BCUT2D eigenvalue weighted by Crippen LogP contribution is -2.27. The quantitative estimate of drug-likeness (QED) is 0.827. The third-order valence-electron chi connectivity index (χ3n) is 3.76. The minimum atomic E-state index is -3.43. The number of hydrogen-bond donors (Lipinski definition) is 2. The Labute approximate surface area is 153 Å². The van der Waals surface area contributed by atoms with E-state index in [9.17, 15) is 13.2 Å². The summed E-state index contributed by atoms with van der Waals surface area (Å²) in [7, 11) is -3.43. The van der Waals surface area contributed by atoms with Gasteiger partial charge < -0.3 is 5.32 Å². The number of hydrogen-bond acceptors (Lipinski definition) is 3. The Balaban J connectivity index is 2.25. The molecule has 0 bridgehead atoms. The number of sulfonamides is 1. The van der Waals surface area contributed by atoms with E-state index in [1.807, 2.05) is 39.0 Å². The summed E-state index contributed by atoms with van der Waals surface area (Å²) in [6.45, 7) is 5.88. The molecule has 1 atom stereocenters. The molecule has 0 aliphatic heterocycles. The lowest BCUT2D eigenvalue weighted by atomic mass is 9.99. The van der Waals surface area contributed by atoms with E-state index in [1.54, 1.807) is 0 Å². The highest BCUT2D eigenvalue weighted by atomic mass is 35.5. The first-order chi connectivity index (χ1) is 11.6. The molecular weight excluding hydrogens is 360 g/mol. The zero-order chi connectivity index (χ0) is 18.8. The predicted molar refractivity (Wildman–Crippen MR) is 102 cm³/mol. The van der Waals surface area contributed by atoms with Gasteiger partial charge in [-0.2, -0.15) is 0 Å². The van der Waals surface area contributed by atoms with Gasteiger partial charge in [-0.15, -0.1) is 0 Å². The highest BCUT2D eigenvalue weighted by Crippen LogP contribution is 2.24. The fourth-order valence-electron chi connectivity index (χ4n) is 2.56. The Bertz CT molecular complexity index is 911. The molecule has 0 aliphatic carbocycles. The number of anilines is 1. The molecule has 2 aromatic carbocycles. The van der Waals surface area contributed by atoms with Crippen molar-refractivity contribution in [2.75, 3.05) is 11.0 Å². The van der Waals surface area contributed by atoms with Gasteiger partial charge in [-0.3, -0.25) is 9.52 Å². The highest BCUT2D eigenvalue weighted by Gasteiger charge is 2.17. The van der Waals surface area contributed by atoms with Crippen LogP contribution in [0.15, 0.2) is 36.4 Å². The van der Waals surface area contributed by atoms with Crippen molar-refractivity contribution in [3.8, 4) is 0 Å². The average Bonchev–Trinajstić information content (AvgIpc) is 2.50. The van der Waals surface area contributed by atoms with Gasteiger partial charge >= 0.3 is 0 Å². The van der Waals surface area contributed by atoms with E-state index in [4.69, 9.17) is 11.6 Å². The summed E-state index contributed by atoms with van der Waals surface area (Å²) in [6, 6.07) is 10.3. The third-order valence-corrected chi connectivity index (χ3v) is 4.70. The maximum Gasteiger partial charge on any atom is 0.253 e. The molecule has 1 amide bonds. The van der Waals surface area contributed by atoms with Crippen molar-refractivity contribution in [3.63, 3.8) is 0 Å². The zero-order valence-electron chi connectivity index (χ0n) is 14.6. The summed E-state index contributed by atoms with van der Waals surface area (Å²) in [5.41, 5.74) is 3.72. The highest BCUT2D eigenvalue weighted by molar-refractivity contribution is 7.92. The first-order valence-electron chi connectivity index (χ1n) is 7.72. The number of benzene rings is 2. The topological polar surface area (TPSA) is 75.3 Å². The minimum absolute atomic E-state index is 0.213. The zero-order valence-corrected chi connectivity index (χ0v) is 16.1. The Morgan fingerprint density at radius 2 is 1.80 bits per heavy atom. The van der Waals surface area contributed by atoms with Crippen LogP contribution in [0.1, 0.15) is 40.0 Å². The molecule has 2 aromatic rings. The number of nitrogens with one attached hydrogen (secondary N) is 2. The van der Waals surface area contributed by atoms with E-state index < -0.39 is 10.0 Å². The number of rotatable bonds is 5. The molecule has 0 saturated heterocycles. The molecule has 5 nitrogen and oxygen atoms in total. The van der Waals surface area contributed by atoms with Crippen LogP contribution in [-0.4, -0.2) is 20.6 Å². The van der Waals surface area contributed by atoms with Crippen LogP contribution in [0.25, 0.3) is 0 Å². The fraction of sp³-hybridized carbons (Fsp3) is 0.278. The SMILES string of the molecule is Cc1ccc(C)c([C@H](C)NC(=O)c2cc(NS(C)(=O)=O)ccc2Cl)c1. The number of halogens is 1. The molecule has 134 valence electrons. The second-order valence-electron chi connectivity index (χ2n) is 6.12. The first kappa shape index (κ1) is 19.3. The molecule has 7 heteroatoms. The molecule has 0 fully saturated rings. The number of carbonyl (C=O) groups excluding carboxylic acids is 1. The molecule has 25 heavy (non-hydrogen) atoms. The van der Waals surface area contributed by atoms with Gasteiger partial charge in [0.15, 0.2) is 0 Å². The lowest BCUT2D eigenvalue weighted by molar-refractivity contribution is 0.0940. The summed E-state index contributed by atoms with van der Waals surface area (Å²) in [4.78, 5) is 12.6. The van der Waals surface area contributed by atoms with Gasteiger partial charge in [0, 0.05) is 5.69 Å². The Kier molecular flexibility index (Phi) is 5.75. The molecule has 0 aliphatic rings. The largest absolute Gasteiger partial charge is 0.345 e. The van der Waals surface area contributed by atoms with Gasteiger partial charge in [-0.1, -0.05) is 35.4 Å². The summed E-state index contributed by atoms with van der Waals surface area (Å²) in [5, 5.41) is 3.17. The van der Waals surface area contributed by atoms with Gasteiger partial charge in [-0.05, 0) is 50.1 Å². The molecule has 0 heterocycles. The Morgan fingerprint density at radius 3 is 2.44 bits per heavy atom. The second-order valence-corrected chi connectivity index (χ2v) is 8.28. The second kappa shape index (κ2) is 7.45. The normalized spacial score (nSPS) is 12.5. The van der Waals surface area contributed by atoms with Crippen LogP contribution in [0.3, 0.4) is 0 Å². The van der Waals surface area contributed by atoms with Crippen molar-refractivity contribution >= 4 is 33.2 Å². The molecule has 0 radical (unpaired) electrons. The Hall–Kier alpha value is -2.05. The van der Waals surface area contributed by atoms with Gasteiger partial charge in [0.2, 0.25) is 10.0 Å². The van der Waals surface area contributed by atoms with E-state index in [1.165, 1.54) is 18.2 Å². The first-order valence-corrected chi connectivity index (χ1v) is 9.99. The van der Waals surface area contributed by atoms with Crippen LogP contribution < -0.4 is 10.0 Å². The molecule has 0 saturated carbocycles. The summed E-state index contributed by atoms with van der Waals surface area (Å²) in [5.74, 6) is -0.365. The minimum Gasteiger partial charge on any atom is -0.345 e. The van der Waals surface area contributed by atoms with Crippen molar-refractivity contribution in [2.45, 2.75) is 26.8 Å². The van der Waals surface area contributed by atoms with Crippen molar-refractivity contribution in [1.82, 2.24) is 5.32 Å².